The summed E-state index contributed by atoms with van der Waals surface area (Å²) in [5.74, 6) is 0.507. The Bertz CT molecular complexity index is 1290. The molecule has 0 radical (unpaired) electrons. The van der Waals surface area contributed by atoms with E-state index in [-0.39, 0.29) is 16.9 Å². The summed E-state index contributed by atoms with van der Waals surface area (Å²) in [6, 6.07) is 14.0. The first-order chi connectivity index (χ1) is 14.9. The van der Waals surface area contributed by atoms with Gasteiger partial charge in [0.2, 0.25) is 11.8 Å². The molecule has 0 fully saturated rings. The lowest BCUT2D eigenvalue weighted by Gasteiger charge is -2.35. The minimum atomic E-state index is -0.341. The number of nitrogens with one attached hydrogen (secondary N) is 1. The largest absolute Gasteiger partial charge is 0.436 e. The Labute approximate surface area is 188 Å². The van der Waals surface area contributed by atoms with Gasteiger partial charge in [-0.1, -0.05) is 39.0 Å². The third-order valence-electron chi connectivity index (χ3n) is 5.50. The standard InChI is InChI=1S/C26H30N4O2/c1-16(31)30(26(5,6)7)19-10-8-9-17(13-19)23-20(15-27-29-23)24-28-21-14-18(25(2,3)4)11-12-22(21)32-24/h8-15H,1-7H3,(H,27,29). The lowest BCUT2D eigenvalue weighted by Crippen LogP contribution is -2.44. The van der Waals surface area contributed by atoms with E-state index in [9.17, 15) is 4.79 Å². The maximum atomic E-state index is 12.4. The third-order valence-corrected chi connectivity index (χ3v) is 5.50. The number of amides is 1. The first kappa shape index (κ1) is 21.8. The number of rotatable bonds is 3. The van der Waals surface area contributed by atoms with E-state index in [0.29, 0.717) is 5.89 Å². The molecule has 0 spiro atoms. The van der Waals surface area contributed by atoms with Crippen LogP contribution in [0.3, 0.4) is 0 Å². The number of hydrogen-bond acceptors (Lipinski definition) is 4. The molecule has 0 aliphatic carbocycles. The Kier molecular flexibility index (Phi) is 5.19. The van der Waals surface area contributed by atoms with E-state index >= 15 is 0 Å². The zero-order valence-corrected chi connectivity index (χ0v) is 19.8. The number of aromatic nitrogens is 3. The van der Waals surface area contributed by atoms with Crippen molar-refractivity contribution < 1.29 is 9.21 Å². The lowest BCUT2D eigenvalue weighted by molar-refractivity contribution is -0.117. The molecule has 0 aliphatic rings. The van der Waals surface area contributed by atoms with Crippen LogP contribution >= 0.6 is 0 Å². The zero-order valence-electron chi connectivity index (χ0n) is 19.8. The van der Waals surface area contributed by atoms with Crippen LogP contribution in [0.4, 0.5) is 5.69 Å². The molecule has 0 unspecified atom stereocenters. The molecule has 6 nitrogen and oxygen atoms in total. The predicted octanol–water partition coefficient (Wildman–Crippen LogP) is 6.33. The van der Waals surface area contributed by atoms with E-state index in [1.165, 1.54) is 5.56 Å². The predicted molar refractivity (Wildman–Crippen MR) is 129 cm³/mol. The molecule has 6 heteroatoms. The molecule has 1 amide bonds. The molecule has 0 aliphatic heterocycles. The number of oxazole rings is 1. The summed E-state index contributed by atoms with van der Waals surface area (Å²) < 4.78 is 6.08. The number of nitrogens with zero attached hydrogens (tertiary/aromatic N) is 3. The topological polar surface area (TPSA) is 75.0 Å². The molecule has 2 aromatic heterocycles. The van der Waals surface area contributed by atoms with Crippen LogP contribution in [0.15, 0.2) is 53.1 Å². The van der Waals surface area contributed by atoms with Crippen LogP contribution in [0.2, 0.25) is 0 Å². The molecule has 2 aromatic carbocycles. The Morgan fingerprint density at radius 1 is 1.03 bits per heavy atom. The van der Waals surface area contributed by atoms with Gasteiger partial charge in [-0.2, -0.15) is 5.10 Å². The van der Waals surface area contributed by atoms with Crippen LogP contribution in [0.25, 0.3) is 33.8 Å². The fourth-order valence-corrected chi connectivity index (χ4v) is 4.02. The number of aromatic amines is 1. The Balaban J connectivity index is 1.77. The van der Waals surface area contributed by atoms with Gasteiger partial charge in [0, 0.05) is 23.7 Å². The van der Waals surface area contributed by atoms with Crippen molar-refractivity contribution >= 4 is 22.7 Å². The molecular weight excluding hydrogens is 400 g/mol. The Hall–Kier alpha value is -3.41. The van der Waals surface area contributed by atoms with Crippen molar-refractivity contribution in [1.82, 2.24) is 15.2 Å². The second kappa shape index (κ2) is 7.62. The highest BCUT2D eigenvalue weighted by Gasteiger charge is 2.26. The molecule has 0 saturated carbocycles. The molecular formula is C26H30N4O2. The van der Waals surface area contributed by atoms with Crippen LogP contribution in [0, 0.1) is 0 Å². The highest BCUT2D eigenvalue weighted by atomic mass is 16.3. The number of anilines is 1. The molecule has 32 heavy (non-hydrogen) atoms. The fourth-order valence-electron chi connectivity index (χ4n) is 4.02. The van der Waals surface area contributed by atoms with E-state index in [4.69, 9.17) is 9.40 Å². The Morgan fingerprint density at radius 3 is 2.44 bits per heavy atom. The summed E-state index contributed by atoms with van der Waals surface area (Å²) in [5.41, 5.74) is 5.77. The molecule has 0 saturated heterocycles. The average molecular weight is 431 g/mol. The Morgan fingerprint density at radius 2 is 1.78 bits per heavy atom. The van der Waals surface area contributed by atoms with Crippen molar-refractivity contribution in [2.45, 2.75) is 59.4 Å². The van der Waals surface area contributed by atoms with Crippen molar-refractivity contribution in [2.24, 2.45) is 0 Å². The smallest absolute Gasteiger partial charge is 0.231 e. The molecule has 1 N–H and O–H groups in total. The van der Waals surface area contributed by atoms with E-state index in [1.54, 1.807) is 18.0 Å². The number of fused-ring (bicyclic) bond motifs is 1. The highest BCUT2D eigenvalue weighted by Crippen LogP contribution is 2.35. The highest BCUT2D eigenvalue weighted by molar-refractivity contribution is 5.94. The second-order valence-corrected chi connectivity index (χ2v) is 10.2. The van der Waals surface area contributed by atoms with Gasteiger partial charge in [-0.15, -0.1) is 0 Å². The van der Waals surface area contributed by atoms with E-state index in [1.807, 2.05) is 51.1 Å². The first-order valence-corrected chi connectivity index (χ1v) is 10.8. The van der Waals surface area contributed by atoms with Crippen LogP contribution in [-0.2, 0) is 10.2 Å². The van der Waals surface area contributed by atoms with Gasteiger partial charge in [0.25, 0.3) is 0 Å². The number of carbonyl (C=O) groups is 1. The van der Waals surface area contributed by atoms with Crippen LogP contribution in [0.1, 0.15) is 54.0 Å². The SMILES string of the molecule is CC(=O)N(c1cccc(-c2[nH]ncc2-c2nc3cc(C(C)(C)C)ccc3o2)c1)C(C)(C)C. The van der Waals surface area contributed by atoms with Gasteiger partial charge < -0.3 is 9.32 Å². The van der Waals surface area contributed by atoms with Crippen LogP contribution in [0.5, 0.6) is 0 Å². The number of benzene rings is 2. The number of H-pyrrole nitrogens is 1. The van der Waals surface area contributed by atoms with Crippen molar-refractivity contribution in [3.63, 3.8) is 0 Å². The summed E-state index contributed by atoms with van der Waals surface area (Å²) in [5, 5.41) is 7.34. The molecule has 4 rings (SSSR count). The molecule has 4 aromatic rings. The van der Waals surface area contributed by atoms with Crippen molar-refractivity contribution in [3.8, 4) is 22.7 Å². The summed E-state index contributed by atoms with van der Waals surface area (Å²) in [6.07, 6.45) is 1.73. The van der Waals surface area contributed by atoms with E-state index < -0.39 is 0 Å². The van der Waals surface area contributed by atoms with Crippen LogP contribution in [-0.4, -0.2) is 26.6 Å². The van der Waals surface area contributed by atoms with Gasteiger partial charge in [0.1, 0.15) is 5.52 Å². The molecule has 0 bridgehead atoms. The van der Waals surface area contributed by atoms with Gasteiger partial charge in [-0.25, -0.2) is 4.98 Å². The van der Waals surface area contributed by atoms with E-state index in [0.717, 1.165) is 33.6 Å². The number of carbonyl (C=O) groups excluding carboxylic acids is 1. The minimum absolute atomic E-state index is 0.00640. The van der Waals surface area contributed by atoms with Gasteiger partial charge >= 0.3 is 0 Å². The summed E-state index contributed by atoms with van der Waals surface area (Å²) >= 11 is 0. The van der Waals surface area contributed by atoms with Gasteiger partial charge in [-0.3, -0.25) is 9.89 Å². The van der Waals surface area contributed by atoms with Gasteiger partial charge in [-0.05, 0) is 56.0 Å². The van der Waals surface area contributed by atoms with Crippen LogP contribution < -0.4 is 4.90 Å². The van der Waals surface area contributed by atoms with Crippen molar-refractivity contribution in [3.05, 3.63) is 54.2 Å². The molecule has 2 heterocycles. The minimum Gasteiger partial charge on any atom is -0.436 e. The van der Waals surface area contributed by atoms with Gasteiger partial charge in [0.05, 0.1) is 17.5 Å². The average Bonchev–Trinajstić information content (AvgIpc) is 3.32. The van der Waals surface area contributed by atoms with E-state index in [2.05, 4.69) is 43.1 Å². The number of hydrogen-bond donors (Lipinski definition) is 1. The third kappa shape index (κ3) is 4.05. The fraction of sp³-hybridized carbons (Fsp3) is 0.346. The molecule has 0 atom stereocenters. The zero-order chi connectivity index (χ0) is 23.3. The monoisotopic (exact) mass is 430 g/mol. The van der Waals surface area contributed by atoms with Crippen molar-refractivity contribution in [2.75, 3.05) is 4.90 Å². The maximum absolute atomic E-state index is 12.4. The maximum Gasteiger partial charge on any atom is 0.231 e. The van der Waals surface area contributed by atoms with Gasteiger partial charge in [0.15, 0.2) is 5.58 Å². The summed E-state index contributed by atoms with van der Waals surface area (Å²) in [6.45, 7) is 14.2. The molecule has 166 valence electrons. The normalized spacial score (nSPS) is 12.3. The summed E-state index contributed by atoms with van der Waals surface area (Å²) in [7, 11) is 0. The van der Waals surface area contributed by atoms with Crippen molar-refractivity contribution in [1.29, 1.82) is 0 Å². The quantitative estimate of drug-likeness (QED) is 0.412. The second-order valence-electron chi connectivity index (χ2n) is 10.2. The summed E-state index contributed by atoms with van der Waals surface area (Å²) in [4.78, 5) is 18.9. The lowest BCUT2D eigenvalue weighted by atomic mass is 9.87. The first-order valence-electron chi connectivity index (χ1n) is 10.8.